The molecule has 0 bridgehead atoms. The number of fused-ring (bicyclic) bond motifs is 2. The molecule has 3 aromatic heterocycles. The number of nitrogens with one attached hydrogen (secondary N) is 1. The summed E-state index contributed by atoms with van der Waals surface area (Å²) >= 11 is 3.35. The van der Waals surface area contributed by atoms with Gasteiger partial charge in [0.05, 0.1) is 27.9 Å². The van der Waals surface area contributed by atoms with Crippen LogP contribution in [0.4, 0.5) is 11.5 Å². The molecule has 0 radical (unpaired) electrons. The maximum absolute atomic E-state index is 9.68. The number of hydrogen-bond donors (Lipinski definition) is 2. The molecule has 0 spiro atoms. The predicted octanol–water partition coefficient (Wildman–Crippen LogP) is 7.18. The topological polar surface area (TPSA) is 70.9 Å². The second-order valence-corrected chi connectivity index (χ2v) is 9.89. The number of hydrogen-bond acceptors (Lipinski definition) is 7. The number of aryl methyl sites for hydroxylation is 1. The zero-order valence-corrected chi connectivity index (χ0v) is 20.0. The zero-order valence-electron chi connectivity index (χ0n) is 18.3. The number of anilines is 2. The Morgan fingerprint density at radius 2 is 1.82 bits per heavy atom. The Balaban J connectivity index is 1.54. The van der Waals surface area contributed by atoms with E-state index in [1.54, 1.807) is 29.0 Å². The van der Waals surface area contributed by atoms with Crippen LogP contribution in [0.5, 0.6) is 0 Å². The summed E-state index contributed by atoms with van der Waals surface area (Å²) in [6.45, 7) is 2.14. The van der Waals surface area contributed by atoms with Crippen LogP contribution in [0.15, 0.2) is 77.9 Å². The molecule has 7 heteroatoms. The van der Waals surface area contributed by atoms with Gasteiger partial charge in [0.15, 0.2) is 0 Å². The van der Waals surface area contributed by atoms with Crippen molar-refractivity contribution in [1.29, 1.82) is 0 Å². The van der Waals surface area contributed by atoms with Gasteiger partial charge in [0.25, 0.3) is 0 Å². The minimum absolute atomic E-state index is 0.00829. The Bertz CT molecular complexity index is 1650. The van der Waals surface area contributed by atoms with Gasteiger partial charge in [0.1, 0.15) is 12.1 Å². The van der Waals surface area contributed by atoms with Crippen LogP contribution in [0.2, 0.25) is 0 Å². The Morgan fingerprint density at radius 1 is 0.882 bits per heavy atom. The average Bonchev–Trinajstić information content (AvgIpc) is 3.52. The van der Waals surface area contributed by atoms with Gasteiger partial charge in [-0.1, -0.05) is 18.2 Å². The molecule has 34 heavy (non-hydrogen) atoms. The van der Waals surface area contributed by atoms with Crippen LogP contribution in [0, 0.1) is 6.92 Å². The lowest BCUT2D eigenvalue weighted by Gasteiger charge is -2.15. The van der Waals surface area contributed by atoms with Gasteiger partial charge in [-0.3, -0.25) is 0 Å². The summed E-state index contributed by atoms with van der Waals surface area (Å²) in [6.07, 6.45) is 1.59. The van der Waals surface area contributed by atoms with Crippen LogP contribution in [0.1, 0.15) is 11.1 Å². The van der Waals surface area contributed by atoms with Crippen molar-refractivity contribution >= 4 is 55.3 Å². The minimum Gasteiger partial charge on any atom is -0.392 e. The molecule has 0 aliphatic heterocycles. The number of thiazole rings is 1. The molecule has 0 amide bonds. The van der Waals surface area contributed by atoms with Crippen molar-refractivity contribution in [2.24, 2.45) is 0 Å². The first-order chi connectivity index (χ1) is 16.7. The van der Waals surface area contributed by atoms with Crippen molar-refractivity contribution in [3.8, 4) is 21.6 Å². The third-order valence-electron chi connectivity index (χ3n) is 5.90. The van der Waals surface area contributed by atoms with E-state index in [1.807, 2.05) is 35.8 Å². The van der Waals surface area contributed by atoms with E-state index in [0.717, 1.165) is 54.9 Å². The van der Waals surface area contributed by atoms with Gasteiger partial charge >= 0.3 is 0 Å². The summed E-state index contributed by atoms with van der Waals surface area (Å²) in [6, 6.07) is 20.6. The van der Waals surface area contributed by atoms with Gasteiger partial charge in [-0.2, -0.15) is 0 Å². The highest BCUT2D eigenvalue weighted by atomic mass is 32.1. The van der Waals surface area contributed by atoms with Crippen LogP contribution >= 0.6 is 22.7 Å². The Labute approximate surface area is 204 Å². The molecule has 0 aliphatic carbocycles. The highest BCUT2D eigenvalue weighted by molar-refractivity contribution is 7.16. The predicted molar refractivity (Wildman–Crippen MR) is 142 cm³/mol. The summed E-state index contributed by atoms with van der Waals surface area (Å²) in [5.74, 6) is 0.755. The lowest BCUT2D eigenvalue weighted by Crippen LogP contribution is -1.97. The van der Waals surface area contributed by atoms with E-state index in [0.29, 0.717) is 0 Å². The van der Waals surface area contributed by atoms with E-state index >= 15 is 0 Å². The number of nitrogens with zero attached hydrogens (tertiary/aromatic N) is 3. The summed E-state index contributed by atoms with van der Waals surface area (Å²) in [4.78, 5) is 14.8. The van der Waals surface area contributed by atoms with Crippen LogP contribution in [-0.4, -0.2) is 20.1 Å². The third-order valence-corrected chi connectivity index (χ3v) is 7.75. The van der Waals surface area contributed by atoms with Crippen molar-refractivity contribution < 1.29 is 5.11 Å². The van der Waals surface area contributed by atoms with Crippen LogP contribution in [-0.2, 0) is 6.61 Å². The molecule has 3 heterocycles. The van der Waals surface area contributed by atoms with Gasteiger partial charge in [-0.15, -0.1) is 22.7 Å². The highest BCUT2D eigenvalue weighted by Gasteiger charge is 2.16. The Hall–Kier alpha value is -3.65. The fourth-order valence-electron chi connectivity index (χ4n) is 4.19. The number of aliphatic hydroxyl groups excluding tert-OH is 1. The molecule has 0 aliphatic rings. The van der Waals surface area contributed by atoms with E-state index in [-0.39, 0.29) is 6.61 Å². The first-order valence-electron chi connectivity index (χ1n) is 10.8. The molecule has 6 aromatic rings. The lowest BCUT2D eigenvalue weighted by molar-refractivity contribution is 0.282. The second-order valence-electron chi connectivity index (χ2n) is 8.09. The summed E-state index contributed by atoms with van der Waals surface area (Å²) in [5, 5.41) is 16.2. The normalized spacial score (nSPS) is 11.4. The molecule has 6 rings (SSSR count). The third kappa shape index (κ3) is 3.74. The summed E-state index contributed by atoms with van der Waals surface area (Å²) in [5.41, 5.74) is 9.99. The molecule has 5 nitrogen and oxygen atoms in total. The molecule has 0 unspecified atom stereocenters. The van der Waals surface area contributed by atoms with Gasteiger partial charge in [-0.05, 0) is 77.0 Å². The van der Waals surface area contributed by atoms with E-state index in [4.69, 9.17) is 0 Å². The molecule has 0 atom stereocenters. The standard InChI is InChI=1S/C27H20N4OS2/c1-16-7-8-33-26(16)21-11-22-23(12-20(21)18-4-2-3-17(9-18)13-32)28-14-29-27(22)31-19-5-6-25-24(10-19)30-15-34-25/h2-12,14-15,32H,13H2,1H3,(H,28,29,31). The Morgan fingerprint density at radius 3 is 2.68 bits per heavy atom. The number of aromatic nitrogens is 3. The molecule has 0 fully saturated rings. The van der Waals surface area contributed by atoms with E-state index in [9.17, 15) is 5.11 Å². The maximum atomic E-state index is 9.68. The van der Waals surface area contributed by atoms with Crippen LogP contribution < -0.4 is 5.32 Å². The Kier molecular flexibility index (Phi) is 5.30. The number of thiophene rings is 1. The molecule has 2 N–H and O–H groups in total. The first kappa shape index (κ1) is 20.9. The van der Waals surface area contributed by atoms with Gasteiger partial charge in [-0.25, -0.2) is 15.0 Å². The molecule has 0 saturated heterocycles. The molecular weight excluding hydrogens is 460 g/mol. The summed E-state index contributed by atoms with van der Waals surface area (Å²) in [7, 11) is 0. The molecular formula is C27H20N4OS2. The van der Waals surface area contributed by atoms with Gasteiger partial charge in [0, 0.05) is 21.5 Å². The van der Waals surface area contributed by atoms with E-state index in [1.165, 1.54) is 10.4 Å². The quantitative estimate of drug-likeness (QED) is 0.273. The van der Waals surface area contributed by atoms with Crippen LogP contribution in [0.3, 0.4) is 0 Å². The largest absolute Gasteiger partial charge is 0.392 e. The van der Waals surface area contributed by atoms with Gasteiger partial charge in [0.2, 0.25) is 0 Å². The van der Waals surface area contributed by atoms with Crippen molar-refractivity contribution in [1.82, 2.24) is 15.0 Å². The first-order valence-corrected chi connectivity index (χ1v) is 12.6. The summed E-state index contributed by atoms with van der Waals surface area (Å²) < 4.78 is 1.16. The highest BCUT2D eigenvalue weighted by Crippen LogP contribution is 2.41. The zero-order chi connectivity index (χ0) is 23.1. The van der Waals surface area contributed by atoms with Crippen molar-refractivity contribution in [2.45, 2.75) is 13.5 Å². The molecule has 166 valence electrons. The van der Waals surface area contributed by atoms with E-state index < -0.39 is 0 Å². The molecule has 0 saturated carbocycles. The van der Waals surface area contributed by atoms with Crippen molar-refractivity contribution in [3.05, 3.63) is 89.0 Å². The molecule has 3 aromatic carbocycles. The van der Waals surface area contributed by atoms with E-state index in [2.05, 4.69) is 62.9 Å². The number of aliphatic hydroxyl groups is 1. The number of benzene rings is 3. The smallest absolute Gasteiger partial charge is 0.141 e. The second kappa shape index (κ2) is 8.61. The monoisotopic (exact) mass is 480 g/mol. The van der Waals surface area contributed by atoms with Crippen molar-refractivity contribution in [3.63, 3.8) is 0 Å². The maximum Gasteiger partial charge on any atom is 0.141 e. The number of rotatable bonds is 5. The fourth-order valence-corrected chi connectivity index (χ4v) is 5.80. The average molecular weight is 481 g/mol. The minimum atomic E-state index is 0.00829. The van der Waals surface area contributed by atoms with Crippen LogP contribution in [0.25, 0.3) is 42.7 Å². The van der Waals surface area contributed by atoms with Crippen molar-refractivity contribution in [2.75, 3.05) is 5.32 Å². The lowest BCUT2D eigenvalue weighted by atomic mass is 9.94. The van der Waals surface area contributed by atoms with Gasteiger partial charge < -0.3 is 10.4 Å². The fraction of sp³-hybridized carbons (Fsp3) is 0.0741. The SMILES string of the molecule is Cc1ccsc1-c1cc2c(Nc3ccc4scnc4c3)ncnc2cc1-c1cccc(CO)c1.